The third-order valence-electron chi connectivity index (χ3n) is 4.63. The molecule has 0 saturated carbocycles. The monoisotopic (exact) mass is 483 g/mol. The number of carbonyl (C=O) groups is 5. The summed E-state index contributed by atoms with van der Waals surface area (Å²) in [5.74, 6) is -5.35. The predicted octanol–water partition coefficient (Wildman–Crippen LogP) is -3.95. The Labute approximate surface area is 194 Å². The normalized spacial score (nSPS) is 15.2. The molecule has 0 aliphatic rings. The van der Waals surface area contributed by atoms with Gasteiger partial charge in [0.2, 0.25) is 23.6 Å². The summed E-state index contributed by atoms with van der Waals surface area (Å²) in [6.07, 6.45) is -2.13. The van der Waals surface area contributed by atoms with Crippen LogP contribution in [0.1, 0.15) is 18.9 Å². The molecular weight excluding hydrogens is 454 g/mol. The van der Waals surface area contributed by atoms with Crippen LogP contribution in [0.15, 0.2) is 24.3 Å². The SMILES string of the molecule is CC(O)C(NC(=O)C(Cc1ccc(O)cc1)NC(=O)C(CO)NC(=O)C(N)CC(N)=O)C(=O)O. The summed E-state index contributed by atoms with van der Waals surface area (Å²) in [5, 5.41) is 44.3. The van der Waals surface area contributed by atoms with Crippen LogP contribution in [0.2, 0.25) is 0 Å². The van der Waals surface area contributed by atoms with Crippen LogP contribution in [-0.2, 0) is 30.4 Å². The molecule has 0 spiro atoms. The molecular formula is C20H29N5O9. The predicted molar refractivity (Wildman–Crippen MR) is 116 cm³/mol. The number of nitrogens with one attached hydrogen (secondary N) is 3. The minimum Gasteiger partial charge on any atom is -0.508 e. The number of aliphatic carboxylic acids is 1. The summed E-state index contributed by atoms with van der Waals surface area (Å²) < 4.78 is 0. The number of amides is 4. The molecule has 0 aromatic heterocycles. The number of benzene rings is 1. The lowest BCUT2D eigenvalue weighted by molar-refractivity contribution is -0.145. The number of aromatic hydroxyl groups is 1. The van der Waals surface area contributed by atoms with Crippen LogP contribution < -0.4 is 27.4 Å². The topological polar surface area (TPSA) is 254 Å². The Balaban J connectivity index is 3.05. The van der Waals surface area contributed by atoms with Crippen LogP contribution in [0.3, 0.4) is 0 Å². The molecule has 14 heteroatoms. The standard InChI is InChI=1S/C20H29N5O9/c1-9(27)16(20(33)34)25-18(31)13(6-10-2-4-11(28)5-3-10)23-19(32)14(8-26)24-17(30)12(21)7-15(22)29/h2-5,9,12-14,16,26-28H,6-8,21H2,1H3,(H2,22,29)(H,23,32)(H,24,30)(H,25,31)(H,33,34). The number of phenols is 1. The van der Waals surface area contributed by atoms with E-state index >= 15 is 0 Å². The molecule has 0 aliphatic carbocycles. The van der Waals surface area contributed by atoms with Crippen molar-refractivity contribution in [2.75, 3.05) is 6.61 Å². The van der Waals surface area contributed by atoms with Crippen LogP contribution in [-0.4, -0.2) is 86.9 Å². The number of carboxylic acid groups (broad SMARTS) is 1. The highest BCUT2D eigenvalue weighted by atomic mass is 16.4. The second-order valence-electron chi connectivity index (χ2n) is 7.52. The summed E-state index contributed by atoms with van der Waals surface area (Å²) in [6, 6.07) is -0.433. The Kier molecular flexibility index (Phi) is 10.9. The molecule has 14 nitrogen and oxygen atoms in total. The highest BCUT2D eigenvalue weighted by molar-refractivity contribution is 5.95. The Hall–Kier alpha value is -3.75. The first-order valence-corrected chi connectivity index (χ1v) is 10.1. The van der Waals surface area contributed by atoms with Crippen molar-refractivity contribution in [3.05, 3.63) is 29.8 Å². The van der Waals surface area contributed by atoms with Gasteiger partial charge in [-0.25, -0.2) is 4.79 Å². The van der Waals surface area contributed by atoms with Crippen molar-refractivity contribution >= 4 is 29.6 Å². The molecule has 0 bridgehead atoms. The van der Waals surface area contributed by atoms with E-state index in [1.807, 2.05) is 0 Å². The van der Waals surface area contributed by atoms with Crippen molar-refractivity contribution in [2.45, 2.75) is 50.0 Å². The van der Waals surface area contributed by atoms with Gasteiger partial charge in [0.1, 0.15) is 17.8 Å². The van der Waals surface area contributed by atoms with Gasteiger partial charge in [-0.15, -0.1) is 0 Å². The molecule has 0 aliphatic heterocycles. The lowest BCUT2D eigenvalue weighted by Crippen LogP contribution is -2.59. The fraction of sp³-hybridized carbons (Fsp3) is 0.450. The van der Waals surface area contributed by atoms with Gasteiger partial charge in [0, 0.05) is 6.42 Å². The average molecular weight is 483 g/mol. The summed E-state index contributed by atoms with van der Waals surface area (Å²) in [5.41, 5.74) is 10.9. The van der Waals surface area contributed by atoms with E-state index in [1.165, 1.54) is 24.3 Å². The van der Waals surface area contributed by atoms with Gasteiger partial charge in [-0.1, -0.05) is 12.1 Å². The molecule has 34 heavy (non-hydrogen) atoms. The molecule has 188 valence electrons. The van der Waals surface area contributed by atoms with Gasteiger partial charge in [-0.05, 0) is 24.6 Å². The van der Waals surface area contributed by atoms with E-state index in [1.54, 1.807) is 0 Å². The first kappa shape index (κ1) is 28.3. The number of primary amides is 1. The summed E-state index contributed by atoms with van der Waals surface area (Å²) in [6.45, 7) is 0.263. The molecule has 0 fully saturated rings. The van der Waals surface area contributed by atoms with Crippen LogP contribution in [0.25, 0.3) is 0 Å². The fourth-order valence-corrected chi connectivity index (χ4v) is 2.77. The lowest BCUT2D eigenvalue weighted by Gasteiger charge is -2.25. The molecule has 1 aromatic rings. The van der Waals surface area contributed by atoms with E-state index in [0.29, 0.717) is 5.56 Å². The molecule has 1 aromatic carbocycles. The minimum atomic E-state index is -1.67. The van der Waals surface area contributed by atoms with Crippen LogP contribution in [0, 0.1) is 0 Å². The fourth-order valence-electron chi connectivity index (χ4n) is 2.77. The molecule has 5 unspecified atom stereocenters. The van der Waals surface area contributed by atoms with E-state index in [4.69, 9.17) is 11.5 Å². The lowest BCUT2D eigenvalue weighted by atomic mass is 10.0. The van der Waals surface area contributed by atoms with Gasteiger partial charge in [-0.2, -0.15) is 0 Å². The Morgan fingerprint density at radius 1 is 0.941 bits per heavy atom. The van der Waals surface area contributed by atoms with Gasteiger partial charge in [0.15, 0.2) is 6.04 Å². The van der Waals surface area contributed by atoms with Gasteiger partial charge < -0.3 is 47.8 Å². The zero-order valence-electron chi connectivity index (χ0n) is 18.3. The van der Waals surface area contributed by atoms with Crippen molar-refractivity contribution in [3.63, 3.8) is 0 Å². The van der Waals surface area contributed by atoms with Crippen molar-refractivity contribution < 1.29 is 44.4 Å². The van der Waals surface area contributed by atoms with Gasteiger partial charge >= 0.3 is 5.97 Å². The van der Waals surface area contributed by atoms with E-state index in [9.17, 15) is 44.4 Å². The van der Waals surface area contributed by atoms with Crippen molar-refractivity contribution in [2.24, 2.45) is 11.5 Å². The van der Waals surface area contributed by atoms with E-state index in [2.05, 4.69) is 16.0 Å². The van der Waals surface area contributed by atoms with E-state index in [0.717, 1.165) is 6.92 Å². The molecule has 0 saturated heterocycles. The number of aliphatic hydroxyl groups is 2. The number of carbonyl (C=O) groups excluding carboxylic acids is 4. The number of rotatable bonds is 13. The second-order valence-corrected chi connectivity index (χ2v) is 7.52. The molecule has 0 heterocycles. The minimum absolute atomic E-state index is 0.0517. The first-order chi connectivity index (χ1) is 15.8. The number of aliphatic hydroxyl groups excluding tert-OH is 2. The summed E-state index contributed by atoms with van der Waals surface area (Å²) in [7, 11) is 0. The maximum absolute atomic E-state index is 12.8. The van der Waals surface area contributed by atoms with Crippen LogP contribution in [0.4, 0.5) is 0 Å². The molecule has 5 atom stereocenters. The van der Waals surface area contributed by atoms with Gasteiger partial charge in [0.05, 0.1) is 25.2 Å². The quantitative estimate of drug-likeness (QED) is 0.131. The highest BCUT2D eigenvalue weighted by Crippen LogP contribution is 2.12. The van der Waals surface area contributed by atoms with Crippen molar-refractivity contribution in [1.82, 2.24) is 16.0 Å². The molecule has 4 amide bonds. The number of carboxylic acids is 1. The third kappa shape index (κ3) is 9.01. The van der Waals surface area contributed by atoms with Crippen molar-refractivity contribution in [3.8, 4) is 5.75 Å². The number of nitrogens with two attached hydrogens (primary N) is 2. The first-order valence-electron chi connectivity index (χ1n) is 10.1. The maximum atomic E-state index is 12.8. The highest BCUT2D eigenvalue weighted by Gasteiger charge is 2.32. The van der Waals surface area contributed by atoms with Crippen molar-refractivity contribution in [1.29, 1.82) is 0 Å². The Morgan fingerprint density at radius 3 is 1.94 bits per heavy atom. The number of hydrogen-bond acceptors (Lipinski definition) is 9. The smallest absolute Gasteiger partial charge is 0.328 e. The summed E-state index contributed by atoms with van der Waals surface area (Å²) >= 11 is 0. The van der Waals surface area contributed by atoms with Crippen LogP contribution >= 0.6 is 0 Å². The molecule has 1 rings (SSSR count). The summed E-state index contributed by atoms with van der Waals surface area (Å²) in [4.78, 5) is 59.7. The zero-order valence-corrected chi connectivity index (χ0v) is 18.3. The van der Waals surface area contributed by atoms with Crippen LogP contribution in [0.5, 0.6) is 5.75 Å². The van der Waals surface area contributed by atoms with E-state index < -0.39 is 72.9 Å². The molecule has 0 radical (unpaired) electrons. The Bertz CT molecular complexity index is 891. The molecule has 11 N–H and O–H groups in total. The zero-order chi connectivity index (χ0) is 26.0. The third-order valence-corrected chi connectivity index (χ3v) is 4.63. The number of phenolic OH excluding ortho intramolecular Hbond substituents is 1. The second kappa shape index (κ2) is 13.1. The number of hydrogen-bond donors (Lipinski definition) is 9. The van der Waals surface area contributed by atoms with E-state index in [-0.39, 0.29) is 12.2 Å². The average Bonchev–Trinajstić information content (AvgIpc) is 2.75. The Morgan fingerprint density at radius 2 is 1.47 bits per heavy atom. The van der Waals surface area contributed by atoms with Gasteiger partial charge in [0.25, 0.3) is 0 Å². The largest absolute Gasteiger partial charge is 0.508 e. The maximum Gasteiger partial charge on any atom is 0.328 e. The van der Waals surface area contributed by atoms with Gasteiger partial charge in [-0.3, -0.25) is 19.2 Å².